The highest BCUT2D eigenvalue weighted by Crippen LogP contribution is 2.24. The number of carbonyl (C=O) groups is 4. The van der Waals surface area contributed by atoms with Gasteiger partial charge in [-0.1, -0.05) is 26.3 Å². The molecular weight excluding hydrogens is 548 g/mol. The Balaban J connectivity index is 2.49. The minimum Gasteiger partial charge on any atom is -0.460 e. The molecule has 0 atom stereocenters. The van der Waals surface area contributed by atoms with Gasteiger partial charge in [-0.2, -0.15) is 0 Å². The quantitative estimate of drug-likeness (QED) is 0.0478. The summed E-state index contributed by atoms with van der Waals surface area (Å²) in [6.45, 7) is 18.1. The molecule has 0 saturated heterocycles. The van der Waals surface area contributed by atoms with Gasteiger partial charge in [-0.15, -0.1) is 0 Å². The summed E-state index contributed by atoms with van der Waals surface area (Å²) in [5, 5.41) is 0. The van der Waals surface area contributed by atoms with Crippen molar-refractivity contribution in [2.75, 3.05) is 33.0 Å². The average Bonchev–Trinajstić information content (AvgIpc) is 2.87. The first-order valence-corrected chi connectivity index (χ1v) is 20.0. The maximum Gasteiger partial charge on any atom is 0.338 e. The van der Waals surface area contributed by atoms with E-state index >= 15 is 0 Å². The van der Waals surface area contributed by atoms with E-state index in [0.29, 0.717) is 6.61 Å². The van der Waals surface area contributed by atoms with Gasteiger partial charge in [-0.3, -0.25) is 4.79 Å². The van der Waals surface area contributed by atoms with Crippen LogP contribution >= 0.6 is 0 Å². The molecule has 1 aromatic rings. The maximum atomic E-state index is 12.6. The zero-order chi connectivity index (χ0) is 30.3. The van der Waals surface area contributed by atoms with Crippen molar-refractivity contribution in [2.45, 2.75) is 78.3 Å². The largest absolute Gasteiger partial charge is 0.460 e. The molecule has 224 valence electrons. The van der Waals surface area contributed by atoms with Gasteiger partial charge in [0.25, 0.3) is 0 Å². The molecule has 0 aliphatic carbocycles. The van der Waals surface area contributed by atoms with Crippen LogP contribution in [0.25, 0.3) is 0 Å². The van der Waals surface area contributed by atoms with E-state index in [4.69, 9.17) is 23.1 Å². The van der Waals surface area contributed by atoms with E-state index in [1.807, 2.05) is 0 Å². The summed E-state index contributed by atoms with van der Waals surface area (Å²) < 4.78 is 27.5. The van der Waals surface area contributed by atoms with Gasteiger partial charge in [-0.05, 0) is 76.7 Å². The molecule has 0 amide bonds. The van der Waals surface area contributed by atoms with Gasteiger partial charge >= 0.3 is 17.9 Å². The molecule has 11 heteroatoms. The number of hydrogen-bond acceptors (Lipinski definition) is 9. The van der Waals surface area contributed by atoms with Crippen LogP contribution in [0.3, 0.4) is 0 Å². The lowest BCUT2D eigenvalue weighted by Gasteiger charge is -2.34. The second-order valence-electron chi connectivity index (χ2n) is 10.9. The van der Waals surface area contributed by atoms with E-state index in [9.17, 15) is 19.2 Å². The van der Waals surface area contributed by atoms with Crippen LogP contribution in [0.5, 0.6) is 0 Å². The molecule has 0 aromatic heterocycles. The van der Waals surface area contributed by atoms with Crippen LogP contribution in [0.1, 0.15) is 71.1 Å². The fourth-order valence-electron chi connectivity index (χ4n) is 4.04. The molecule has 0 radical (unpaired) electrons. The number of ketones is 1. The van der Waals surface area contributed by atoms with Crippen LogP contribution < -0.4 is 0 Å². The fraction of sp³-hybridized carbons (Fsp3) is 0.586. The monoisotopic (exact) mass is 594 g/mol. The lowest BCUT2D eigenvalue weighted by molar-refractivity contribution is -0.140. The molecule has 0 aliphatic rings. The Labute approximate surface area is 240 Å². The minimum atomic E-state index is -1.76. The first-order chi connectivity index (χ1) is 18.7. The van der Waals surface area contributed by atoms with Gasteiger partial charge in [0.1, 0.15) is 19.8 Å². The van der Waals surface area contributed by atoms with Gasteiger partial charge in [0, 0.05) is 17.7 Å². The molecule has 0 spiro atoms. The fourth-order valence-corrected chi connectivity index (χ4v) is 13.0. The van der Waals surface area contributed by atoms with Crippen LogP contribution in [0.4, 0.5) is 0 Å². The molecule has 9 nitrogen and oxygen atoms in total. The van der Waals surface area contributed by atoms with Crippen molar-refractivity contribution < 1.29 is 42.2 Å². The third kappa shape index (κ3) is 13.6. The number of ether oxygens (including phenoxy) is 4. The second-order valence-corrected chi connectivity index (χ2v) is 19.8. The normalized spacial score (nSPS) is 11.6. The van der Waals surface area contributed by atoms with Crippen LogP contribution in [0, 0.1) is 0 Å². The summed E-state index contributed by atoms with van der Waals surface area (Å²) in [6.07, 6.45) is 3.29. The first kappa shape index (κ1) is 35.4. The summed E-state index contributed by atoms with van der Waals surface area (Å²) in [5.74, 6) is -2.38. The Bertz CT molecular complexity index is 1030. The third-order valence-corrected chi connectivity index (χ3v) is 13.5. The van der Waals surface area contributed by atoms with Gasteiger partial charge in [0.15, 0.2) is 22.4 Å². The molecular formula is C29H46O9Si2. The molecule has 0 saturated carbocycles. The maximum absolute atomic E-state index is 12.6. The highest BCUT2D eigenvalue weighted by Gasteiger charge is 2.32. The van der Waals surface area contributed by atoms with Gasteiger partial charge < -0.3 is 23.1 Å². The Morgan fingerprint density at radius 3 is 1.93 bits per heavy atom. The summed E-state index contributed by atoms with van der Waals surface area (Å²) >= 11 is 0. The van der Waals surface area contributed by atoms with Crippen molar-refractivity contribution >= 4 is 40.3 Å². The topological polar surface area (TPSA) is 114 Å². The van der Waals surface area contributed by atoms with Crippen molar-refractivity contribution in [3.8, 4) is 0 Å². The zero-order valence-electron chi connectivity index (χ0n) is 25.2. The third-order valence-electron chi connectivity index (χ3n) is 5.97. The van der Waals surface area contributed by atoms with E-state index in [-0.39, 0.29) is 48.7 Å². The average molecular weight is 595 g/mol. The standard InChI is InChI=1S/C29H46O9Si2/c1-9-10-19-39(5,6)38-40(7,8)20-11-14-34-15-16-37-29(33)25-13-12-24(21-26(25)23(4)30)28(32)36-18-17-35-27(31)22(2)3/h12-13,21H,2,9-11,14-20H2,1,3-8H3. The number of hydrogen-bond donors (Lipinski definition) is 0. The summed E-state index contributed by atoms with van der Waals surface area (Å²) in [7, 11) is -3.39. The predicted octanol–water partition coefficient (Wildman–Crippen LogP) is 5.96. The summed E-state index contributed by atoms with van der Waals surface area (Å²) in [5.41, 5.74) is 0.426. The molecule has 0 heterocycles. The van der Waals surface area contributed by atoms with Crippen molar-refractivity contribution in [1.82, 2.24) is 0 Å². The number of rotatable bonds is 19. The SMILES string of the molecule is C=C(C)C(=O)OCCOC(=O)c1ccc(C(=O)OCCOCCC[Si](C)(C)O[Si](C)(C)CCCC)c(C(C)=O)c1. The Kier molecular flexibility index (Phi) is 15.3. The molecule has 0 fully saturated rings. The number of carbonyl (C=O) groups excluding carboxylic acids is 4. The van der Waals surface area contributed by atoms with Gasteiger partial charge in [-0.25, -0.2) is 14.4 Å². The molecule has 0 aliphatic heterocycles. The van der Waals surface area contributed by atoms with Crippen LogP contribution in [-0.4, -0.2) is 73.4 Å². The smallest absolute Gasteiger partial charge is 0.338 e. The number of unbranched alkanes of at least 4 members (excludes halogenated alkanes) is 1. The second kappa shape index (κ2) is 17.3. The number of benzene rings is 1. The van der Waals surface area contributed by atoms with Crippen molar-refractivity contribution in [3.05, 3.63) is 47.0 Å². The van der Waals surface area contributed by atoms with E-state index in [1.54, 1.807) is 0 Å². The lowest BCUT2D eigenvalue weighted by atomic mass is 10.0. The molecule has 1 rings (SSSR count). The van der Waals surface area contributed by atoms with Gasteiger partial charge in [0.05, 0.1) is 17.7 Å². The Morgan fingerprint density at radius 2 is 1.32 bits per heavy atom. The van der Waals surface area contributed by atoms with Crippen molar-refractivity contribution in [2.24, 2.45) is 0 Å². The van der Waals surface area contributed by atoms with Crippen molar-refractivity contribution in [3.63, 3.8) is 0 Å². The summed E-state index contributed by atoms with van der Waals surface area (Å²) in [4.78, 5) is 48.4. The highest BCUT2D eigenvalue weighted by atomic mass is 28.4. The Hall–Kier alpha value is -2.61. The summed E-state index contributed by atoms with van der Waals surface area (Å²) in [6, 6.07) is 6.22. The van der Waals surface area contributed by atoms with Crippen molar-refractivity contribution in [1.29, 1.82) is 0 Å². The first-order valence-electron chi connectivity index (χ1n) is 13.8. The van der Waals surface area contributed by atoms with Crippen LogP contribution in [0.15, 0.2) is 30.4 Å². The van der Waals surface area contributed by atoms with Gasteiger partial charge in [0.2, 0.25) is 0 Å². The number of Topliss-reactive ketones (excluding diaryl/α,β-unsaturated/α-hetero) is 1. The molecule has 0 N–H and O–H groups in total. The zero-order valence-corrected chi connectivity index (χ0v) is 27.2. The van der Waals surface area contributed by atoms with E-state index in [0.717, 1.165) is 12.5 Å². The van der Waals surface area contributed by atoms with E-state index in [2.05, 4.69) is 39.7 Å². The highest BCUT2D eigenvalue weighted by molar-refractivity contribution is 6.84. The predicted molar refractivity (Wildman–Crippen MR) is 159 cm³/mol. The van der Waals surface area contributed by atoms with E-state index in [1.165, 1.54) is 50.9 Å². The molecule has 40 heavy (non-hydrogen) atoms. The van der Waals surface area contributed by atoms with Crippen LogP contribution in [0.2, 0.25) is 38.3 Å². The van der Waals surface area contributed by atoms with E-state index < -0.39 is 40.3 Å². The Morgan fingerprint density at radius 1 is 0.750 bits per heavy atom. The van der Waals surface area contributed by atoms with Crippen LogP contribution in [-0.2, 0) is 27.9 Å². The minimum absolute atomic E-state index is 0.0388. The molecule has 0 unspecified atom stereocenters. The molecule has 1 aromatic carbocycles. The molecule has 0 bridgehead atoms. The number of esters is 3. The lowest BCUT2D eigenvalue weighted by Crippen LogP contribution is -2.44.